The molecule has 0 spiro atoms. The summed E-state index contributed by atoms with van der Waals surface area (Å²) >= 11 is 0. The maximum Gasteiger partial charge on any atom is 0.341 e. The van der Waals surface area contributed by atoms with Gasteiger partial charge in [0.05, 0.1) is 5.52 Å². The number of hydrogen-bond donors (Lipinski definition) is 1. The van der Waals surface area contributed by atoms with Gasteiger partial charge in [0.1, 0.15) is 5.56 Å². The largest absolute Gasteiger partial charge is 0.477 e. The van der Waals surface area contributed by atoms with E-state index in [0.29, 0.717) is 11.8 Å². The van der Waals surface area contributed by atoms with E-state index in [9.17, 15) is 9.59 Å². The molecule has 0 aliphatic carbocycles. The van der Waals surface area contributed by atoms with Crippen molar-refractivity contribution < 1.29 is 9.90 Å². The van der Waals surface area contributed by atoms with Gasteiger partial charge in [-0.2, -0.15) is 0 Å². The van der Waals surface area contributed by atoms with Crippen molar-refractivity contribution in [3.05, 3.63) is 81.6 Å². The van der Waals surface area contributed by atoms with Crippen LogP contribution < -0.4 is 5.43 Å². The van der Waals surface area contributed by atoms with E-state index in [2.05, 4.69) is 0 Å². The number of carboxylic acids is 1. The zero-order valence-corrected chi connectivity index (χ0v) is 12.1. The molecule has 1 N–H and O–H groups in total. The van der Waals surface area contributed by atoms with Crippen molar-refractivity contribution in [2.45, 2.75) is 6.42 Å². The van der Waals surface area contributed by atoms with Crippen LogP contribution in [0.3, 0.4) is 0 Å². The van der Waals surface area contributed by atoms with Gasteiger partial charge in [0.15, 0.2) is 0 Å². The zero-order chi connectivity index (χ0) is 15.7. The molecular formula is C18H15NO3. The molecular weight excluding hydrogens is 278 g/mol. The highest BCUT2D eigenvalue weighted by Crippen LogP contribution is 2.16. The maximum atomic E-state index is 12.3. The van der Waals surface area contributed by atoms with Gasteiger partial charge >= 0.3 is 5.97 Å². The first-order chi connectivity index (χ1) is 10.6. The fourth-order valence-corrected chi connectivity index (χ4v) is 2.63. The van der Waals surface area contributed by atoms with Crippen molar-refractivity contribution in [3.63, 3.8) is 0 Å². The summed E-state index contributed by atoms with van der Waals surface area (Å²) in [5.74, 6) is -1.20. The molecule has 0 atom stereocenters. The molecule has 0 amide bonds. The number of fused-ring (bicyclic) bond motifs is 1. The van der Waals surface area contributed by atoms with Gasteiger partial charge in [-0.1, -0.05) is 36.4 Å². The number of carbonyl (C=O) groups is 1. The highest BCUT2D eigenvalue weighted by atomic mass is 16.4. The highest BCUT2D eigenvalue weighted by molar-refractivity contribution is 5.92. The van der Waals surface area contributed by atoms with Crippen molar-refractivity contribution in [2.75, 3.05) is 0 Å². The Morgan fingerprint density at radius 2 is 1.82 bits per heavy atom. The number of benzene rings is 2. The minimum atomic E-state index is -1.20. The topological polar surface area (TPSA) is 59.3 Å². The Balaban J connectivity index is 2.14. The van der Waals surface area contributed by atoms with Crippen LogP contribution in [0.5, 0.6) is 0 Å². The fourth-order valence-electron chi connectivity index (χ4n) is 2.63. The zero-order valence-electron chi connectivity index (χ0n) is 12.1. The predicted molar refractivity (Wildman–Crippen MR) is 85.4 cm³/mol. The quantitative estimate of drug-likeness (QED) is 0.808. The molecule has 110 valence electrons. The molecule has 0 aliphatic rings. The van der Waals surface area contributed by atoms with Gasteiger partial charge in [-0.3, -0.25) is 4.79 Å². The summed E-state index contributed by atoms with van der Waals surface area (Å²) in [5, 5.41) is 9.58. The van der Waals surface area contributed by atoms with Gasteiger partial charge in [-0.15, -0.1) is 0 Å². The molecule has 22 heavy (non-hydrogen) atoms. The normalized spacial score (nSPS) is 10.8. The summed E-state index contributed by atoms with van der Waals surface area (Å²) in [6, 6.07) is 15.6. The van der Waals surface area contributed by atoms with Gasteiger partial charge < -0.3 is 9.67 Å². The van der Waals surface area contributed by atoms with E-state index < -0.39 is 11.4 Å². The smallest absolute Gasteiger partial charge is 0.341 e. The summed E-state index contributed by atoms with van der Waals surface area (Å²) < 4.78 is 1.67. The van der Waals surface area contributed by atoms with Crippen molar-refractivity contribution in [2.24, 2.45) is 7.05 Å². The molecule has 3 rings (SSSR count). The lowest BCUT2D eigenvalue weighted by Crippen LogP contribution is -2.18. The summed E-state index contributed by atoms with van der Waals surface area (Å²) in [4.78, 5) is 23.5. The Morgan fingerprint density at radius 1 is 1.09 bits per heavy atom. The minimum absolute atomic E-state index is 0.202. The van der Waals surface area contributed by atoms with E-state index in [1.165, 1.54) is 6.20 Å². The van der Waals surface area contributed by atoms with E-state index in [0.717, 1.165) is 16.6 Å². The van der Waals surface area contributed by atoms with Gasteiger partial charge in [0.25, 0.3) is 0 Å². The van der Waals surface area contributed by atoms with Crippen LogP contribution >= 0.6 is 0 Å². The number of nitrogens with zero attached hydrogens (tertiary/aromatic N) is 1. The molecule has 0 unspecified atom stereocenters. The van der Waals surface area contributed by atoms with Gasteiger partial charge in [0, 0.05) is 18.6 Å². The lowest BCUT2D eigenvalue weighted by atomic mass is 10.0. The molecule has 0 saturated heterocycles. The number of hydrogen-bond acceptors (Lipinski definition) is 2. The summed E-state index contributed by atoms with van der Waals surface area (Å²) in [6.45, 7) is 0. The standard InChI is InChI=1S/C18H15NO3/c1-19-11-15(18(21)22)17(20)14-10-13(7-8-16(14)19)9-12-5-3-2-4-6-12/h2-8,10-11H,9H2,1H3,(H,21,22). The van der Waals surface area contributed by atoms with E-state index in [1.54, 1.807) is 17.7 Å². The highest BCUT2D eigenvalue weighted by Gasteiger charge is 2.13. The number of pyridine rings is 1. The van der Waals surface area contributed by atoms with Crippen LogP contribution in [0.4, 0.5) is 0 Å². The number of aromatic nitrogens is 1. The van der Waals surface area contributed by atoms with Crippen molar-refractivity contribution >= 4 is 16.9 Å². The van der Waals surface area contributed by atoms with Crippen LogP contribution in [0, 0.1) is 0 Å². The lowest BCUT2D eigenvalue weighted by molar-refractivity contribution is 0.0695. The number of aryl methyl sites for hydroxylation is 1. The second-order valence-electron chi connectivity index (χ2n) is 5.30. The number of rotatable bonds is 3. The Morgan fingerprint density at radius 3 is 2.50 bits per heavy atom. The van der Waals surface area contributed by atoms with E-state index >= 15 is 0 Å². The van der Waals surface area contributed by atoms with Crippen molar-refractivity contribution in [1.82, 2.24) is 4.57 Å². The lowest BCUT2D eigenvalue weighted by Gasteiger charge is -2.09. The Labute approximate surface area is 127 Å². The average Bonchev–Trinajstić information content (AvgIpc) is 2.51. The Bertz CT molecular complexity index is 911. The average molecular weight is 293 g/mol. The predicted octanol–water partition coefficient (Wildman–Crippen LogP) is 2.83. The number of carboxylic acid groups (broad SMARTS) is 1. The van der Waals surface area contributed by atoms with E-state index in [-0.39, 0.29) is 5.56 Å². The monoisotopic (exact) mass is 293 g/mol. The maximum absolute atomic E-state index is 12.3. The van der Waals surface area contributed by atoms with Gasteiger partial charge in [-0.25, -0.2) is 4.79 Å². The third-order valence-corrected chi connectivity index (χ3v) is 3.73. The molecule has 4 heteroatoms. The molecule has 0 fully saturated rings. The van der Waals surface area contributed by atoms with Crippen LogP contribution in [-0.4, -0.2) is 15.6 Å². The third kappa shape index (κ3) is 2.51. The molecule has 1 aromatic heterocycles. The molecule has 0 aliphatic heterocycles. The van der Waals surface area contributed by atoms with Gasteiger partial charge in [0.2, 0.25) is 5.43 Å². The fraction of sp³-hybridized carbons (Fsp3) is 0.111. The second kappa shape index (κ2) is 5.48. The molecule has 2 aromatic carbocycles. The number of aromatic carboxylic acids is 1. The molecule has 0 radical (unpaired) electrons. The summed E-state index contributed by atoms with van der Waals surface area (Å²) in [6.07, 6.45) is 2.07. The molecule has 1 heterocycles. The van der Waals surface area contributed by atoms with Crippen molar-refractivity contribution in [3.8, 4) is 0 Å². The molecule has 4 nitrogen and oxygen atoms in total. The Kier molecular flexibility index (Phi) is 3.51. The van der Waals surface area contributed by atoms with Crippen LogP contribution in [0.25, 0.3) is 10.9 Å². The second-order valence-corrected chi connectivity index (χ2v) is 5.30. The van der Waals surface area contributed by atoms with Crippen LogP contribution in [0.1, 0.15) is 21.5 Å². The SMILES string of the molecule is Cn1cc(C(=O)O)c(=O)c2cc(Cc3ccccc3)ccc21. The first kappa shape index (κ1) is 14.1. The first-order valence-corrected chi connectivity index (χ1v) is 6.96. The van der Waals surface area contributed by atoms with Crippen molar-refractivity contribution in [1.29, 1.82) is 0 Å². The summed E-state index contributed by atoms with van der Waals surface area (Å²) in [7, 11) is 1.74. The molecule has 3 aromatic rings. The third-order valence-electron chi connectivity index (χ3n) is 3.73. The van der Waals surface area contributed by atoms with Crippen LogP contribution in [-0.2, 0) is 13.5 Å². The van der Waals surface area contributed by atoms with E-state index in [1.807, 2.05) is 42.5 Å². The van der Waals surface area contributed by atoms with Crippen LogP contribution in [0.2, 0.25) is 0 Å². The minimum Gasteiger partial charge on any atom is -0.477 e. The van der Waals surface area contributed by atoms with E-state index in [4.69, 9.17) is 5.11 Å². The molecule has 0 saturated carbocycles. The summed E-state index contributed by atoms with van der Waals surface area (Å²) in [5.41, 5.74) is 2.22. The first-order valence-electron chi connectivity index (χ1n) is 6.96. The Hall–Kier alpha value is -2.88. The molecule has 0 bridgehead atoms. The van der Waals surface area contributed by atoms with Crippen LogP contribution in [0.15, 0.2) is 59.5 Å². The van der Waals surface area contributed by atoms with Gasteiger partial charge in [-0.05, 0) is 29.7 Å².